The minimum absolute atomic E-state index is 0.113. The van der Waals surface area contributed by atoms with E-state index in [0.717, 1.165) is 0 Å². The molecule has 0 aromatic heterocycles. The molecule has 144 valence electrons. The summed E-state index contributed by atoms with van der Waals surface area (Å²) in [7, 11) is 2.94. The Labute approximate surface area is 163 Å². The minimum Gasteiger partial charge on any atom is -0.493 e. The van der Waals surface area contributed by atoms with E-state index in [9.17, 15) is 9.59 Å². The molecule has 27 heavy (non-hydrogen) atoms. The molecule has 0 unspecified atom stereocenters. The Bertz CT molecular complexity index is 860. The summed E-state index contributed by atoms with van der Waals surface area (Å²) in [4.78, 5) is 24.7. The Hall–Kier alpha value is -2.73. The van der Waals surface area contributed by atoms with E-state index >= 15 is 0 Å². The lowest BCUT2D eigenvalue weighted by Crippen LogP contribution is -2.27. The molecule has 0 radical (unpaired) electrons. The van der Waals surface area contributed by atoms with Crippen LogP contribution in [0.1, 0.15) is 31.1 Å². The molecule has 0 aliphatic heterocycles. The fourth-order valence-corrected chi connectivity index (χ4v) is 2.53. The van der Waals surface area contributed by atoms with Gasteiger partial charge in [0.15, 0.2) is 11.5 Å². The quantitative estimate of drug-likeness (QED) is 0.782. The summed E-state index contributed by atoms with van der Waals surface area (Å²) in [6.45, 7) is 5.48. The van der Waals surface area contributed by atoms with Crippen LogP contribution in [0.25, 0.3) is 0 Å². The average molecular weight is 391 g/mol. The number of hydrogen-bond donors (Lipinski definition) is 2. The molecule has 2 N–H and O–H groups in total. The Morgan fingerprint density at radius 3 is 2.15 bits per heavy atom. The van der Waals surface area contributed by atoms with Gasteiger partial charge in [0.2, 0.25) is 5.91 Å². The van der Waals surface area contributed by atoms with Crippen molar-refractivity contribution in [1.82, 2.24) is 0 Å². The van der Waals surface area contributed by atoms with Crippen LogP contribution in [0, 0.1) is 5.41 Å². The largest absolute Gasteiger partial charge is 0.493 e. The first kappa shape index (κ1) is 20.6. The van der Waals surface area contributed by atoms with Gasteiger partial charge in [0.1, 0.15) is 0 Å². The number of hydrogen-bond acceptors (Lipinski definition) is 4. The van der Waals surface area contributed by atoms with Gasteiger partial charge < -0.3 is 20.1 Å². The average Bonchev–Trinajstić information content (AvgIpc) is 2.60. The molecule has 0 bridgehead atoms. The van der Waals surface area contributed by atoms with Gasteiger partial charge in [-0.1, -0.05) is 38.4 Å². The number of halogens is 1. The number of anilines is 2. The van der Waals surface area contributed by atoms with Gasteiger partial charge in [0.05, 0.1) is 19.2 Å². The minimum atomic E-state index is -0.518. The first-order chi connectivity index (χ1) is 12.7. The number of rotatable bonds is 5. The predicted molar refractivity (Wildman–Crippen MR) is 107 cm³/mol. The van der Waals surface area contributed by atoms with Gasteiger partial charge in [0.25, 0.3) is 5.91 Å². The summed E-state index contributed by atoms with van der Waals surface area (Å²) in [6, 6.07) is 9.97. The number of nitrogens with one attached hydrogen (secondary N) is 2. The summed E-state index contributed by atoms with van der Waals surface area (Å²) in [6.07, 6.45) is 0. The van der Waals surface area contributed by atoms with Gasteiger partial charge in [-0.25, -0.2) is 0 Å². The van der Waals surface area contributed by atoms with Gasteiger partial charge in [-0.05, 0) is 30.3 Å². The Morgan fingerprint density at radius 1 is 0.963 bits per heavy atom. The van der Waals surface area contributed by atoms with E-state index in [1.54, 1.807) is 30.3 Å². The Morgan fingerprint density at radius 2 is 1.59 bits per heavy atom. The van der Waals surface area contributed by atoms with Crippen LogP contribution >= 0.6 is 11.6 Å². The maximum atomic E-state index is 12.6. The zero-order valence-electron chi connectivity index (χ0n) is 16.0. The first-order valence-corrected chi connectivity index (χ1v) is 8.68. The highest BCUT2D eigenvalue weighted by Gasteiger charge is 2.21. The van der Waals surface area contributed by atoms with Crippen molar-refractivity contribution in [3.05, 3.63) is 47.0 Å². The van der Waals surface area contributed by atoms with Crippen molar-refractivity contribution in [2.75, 3.05) is 24.9 Å². The maximum Gasteiger partial charge on any atom is 0.255 e. The summed E-state index contributed by atoms with van der Waals surface area (Å²) in [5.41, 5.74) is 0.938. The molecule has 0 heterocycles. The maximum absolute atomic E-state index is 12.6. The molecule has 7 heteroatoms. The van der Waals surface area contributed by atoms with Gasteiger partial charge in [-0.3, -0.25) is 9.59 Å². The van der Waals surface area contributed by atoms with Crippen LogP contribution in [0.4, 0.5) is 11.4 Å². The highest BCUT2D eigenvalue weighted by atomic mass is 35.5. The molecule has 2 aromatic rings. The number of carbonyl (C=O) groups excluding carboxylic acids is 2. The highest BCUT2D eigenvalue weighted by molar-refractivity contribution is 6.32. The number of methoxy groups -OCH3 is 2. The summed E-state index contributed by atoms with van der Waals surface area (Å²) in [5, 5.41) is 5.88. The third kappa shape index (κ3) is 5.14. The van der Waals surface area contributed by atoms with Crippen LogP contribution < -0.4 is 20.1 Å². The number of benzene rings is 2. The smallest absolute Gasteiger partial charge is 0.255 e. The molecule has 2 amide bonds. The van der Waals surface area contributed by atoms with Crippen molar-refractivity contribution >= 4 is 34.8 Å². The zero-order valence-corrected chi connectivity index (χ0v) is 16.7. The number of ether oxygens (including phenoxy) is 2. The Kier molecular flexibility index (Phi) is 6.33. The highest BCUT2D eigenvalue weighted by Crippen LogP contribution is 2.36. The van der Waals surface area contributed by atoms with E-state index in [-0.39, 0.29) is 16.8 Å². The molecule has 6 nitrogen and oxygen atoms in total. The molecular formula is C20H23ClN2O4. The van der Waals surface area contributed by atoms with Crippen molar-refractivity contribution in [1.29, 1.82) is 0 Å². The first-order valence-electron chi connectivity index (χ1n) is 8.30. The van der Waals surface area contributed by atoms with E-state index < -0.39 is 5.41 Å². The topological polar surface area (TPSA) is 76.7 Å². The SMILES string of the molecule is COc1cc(C(=O)Nc2cccc(NC(=O)C(C)(C)C)c2)cc(Cl)c1OC. The van der Waals surface area contributed by atoms with Crippen LogP contribution in [-0.2, 0) is 4.79 Å². The van der Waals surface area contributed by atoms with Crippen LogP contribution in [0.15, 0.2) is 36.4 Å². The molecule has 0 fully saturated rings. The van der Waals surface area contributed by atoms with E-state index in [4.69, 9.17) is 21.1 Å². The third-order valence-corrected chi connectivity index (χ3v) is 4.04. The summed E-state index contributed by atoms with van der Waals surface area (Å²) >= 11 is 6.15. The van der Waals surface area contributed by atoms with E-state index in [1.165, 1.54) is 20.3 Å². The zero-order chi connectivity index (χ0) is 20.2. The van der Waals surface area contributed by atoms with Crippen molar-refractivity contribution in [3.63, 3.8) is 0 Å². The predicted octanol–water partition coefficient (Wildman–Crippen LogP) is 4.59. The third-order valence-electron chi connectivity index (χ3n) is 3.76. The van der Waals surface area contributed by atoms with Crippen molar-refractivity contribution in [3.8, 4) is 11.5 Å². The van der Waals surface area contributed by atoms with Gasteiger partial charge in [0, 0.05) is 22.4 Å². The molecule has 0 saturated carbocycles. The fourth-order valence-electron chi connectivity index (χ4n) is 2.25. The molecule has 0 spiro atoms. The number of carbonyl (C=O) groups is 2. The molecular weight excluding hydrogens is 368 g/mol. The standard InChI is InChI=1S/C20H23ClN2O4/c1-20(2,3)19(25)23-14-8-6-7-13(11-14)22-18(24)12-9-15(21)17(27-5)16(10-12)26-4/h6-11H,1-5H3,(H,22,24)(H,23,25). The second-order valence-corrected chi connectivity index (χ2v) is 7.34. The molecule has 0 atom stereocenters. The van der Waals surface area contributed by atoms with Crippen LogP contribution in [0.3, 0.4) is 0 Å². The van der Waals surface area contributed by atoms with E-state index in [2.05, 4.69) is 10.6 Å². The summed E-state index contributed by atoms with van der Waals surface area (Å²) < 4.78 is 10.4. The second-order valence-electron chi connectivity index (χ2n) is 6.93. The van der Waals surface area contributed by atoms with Crippen molar-refractivity contribution < 1.29 is 19.1 Å². The fraction of sp³-hybridized carbons (Fsp3) is 0.300. The second kappa shape index (κ2) is 8.31. The van der Waals surface area contributed by atoms with Crippen molar-refractivity contribution in [2.24, 2.45) is 5.41 Å². The van der Waals surface area contributed by atoms with Crippen LogP contribution in [0.2, 0.25) is 5.02 Å². The molecule has 0 saturated heterocycles. The molecule has 2 rings (SSSR count). The monoisotopic (exact) mass is 390 g/mol. The van der Waals surface area contributed by atoms with Gasteiger partial charge >= 0.3 is 0 Å². The normalized spacial score (nSPS) is 10.9. The lowest BCUT2D eigenvalue weighted by Gasteiger charge is -2.18. The lowest BCUT2D eigenvalue weighted by atomic mass is 9.95. The van der Waals surface area contributed by atoms with Crippen molar-refractivity contribution in [2.45, 2.75) is 20.8 Å². The molecule has 0 aliphatic rings. The number of amides is 2. The lowest BCUT2D eigenvalue weighted by molar-refractivity contribution is -0.123. The molecule has 0 aliphatic carbocycles. The van der Waals surface area contributed by atoms with Gasteiger partial charge in [-0.15, -0.1) is 0 Å². The van der Waals surface area contributed by atoms with E-state index in [0.29, 0.717) is 28.4 Å². The Balaban J connectivity index is 2.20. The summed E-state index contributed by atoms with van der Waals surface area (Å²) in [5.74, 6) is 0.249. The van der Waals surface area contributed by atoms with Crippen LogP contribution in [0.5, 0.6) is 11.5 Å². The van der Waals surface area contributed by atoms with E-state index in [1.807, 2.05) is 20.8 Å². The van der Waals surface area contributed by atoms with Gasteiger partial charge in [-0.2, -0.15) is 0 Å². The molecule has 2 aromatic carbocycles. The van der Waals surface area contributed by atoms with Crippen LogP contribution in [-0.4, -0.2) is 26.0 Å².